The summed E-state index contributed by atoms with van der Waals surface area (Å²) in [5, 5.41) is 0. The summed E-state index contributed by atoms with van der Waals surface area (Å²) in [6.07, 6.45) is 0. The van der Waals surface area contributed by atoms with E-state index in [0.29, 0.717) is 24.2 Å². The highest BCUT2D eigenvalue weighted by molar-refractivity contribution is 6.10. The summed E-state index contributed by atoms with van der Waals surface area (Å²) in [7, 11) is 0. The number of carbonyl (C=O) groups excluding carboxylic acids is 1. The van der Waals surface area contributed by atoms with Crippen LogP contribution in [0.4, 0.5) is 0 Å². The van der Waals surface area contributed by atoms with Crippen LogP contribution in [-0.2, 0) is 13.1 Å². The zero-order chi connectivity index (χ0) is 13.0. The van der Waals surface area contributed by atoms with Crippen LogP contribution in [-0.4, -0.2) is 5.78 Å². The van der Waals surface area contributed by atoms with Crippen molar-refractivity contribution in [2.75, 3.05) is 0 Å². The van der Waals surface area contributed by atoms with Crippen LogP contribution in [0.5, 0.6) is 0 Å². The molecule has 0 aliphatic carbocycles. The molecular formula is C15H16N2O. The number of hydrogen-bond acceptors (Lipinski definition) is 3. The van der Waals surface area contributed by atoms with Crippen LogP contribution in [0, 0.1) is 0 Å². The molecule has 0 saturated carbocycles. The first-order valence-corrected chi connectivity index (χ1v) is 5.88. The maximum Gasteiger partial charge on any atom is 0.193 e. The zero-order valence-corrected chi connectivity index (χ0v) is 10.1. The van der Waals surface area contributed by atoms with Gasteiger partial charge in [0.2, 0.25) is 0 Å². The van der Waals surface area contributed by atoms with Gasteiger partial charge in [-0.1, -0.05) is 48.5 Å². The molecule has 2 aromatic rings. The summed E-state index contributed by atoms with van der Waals surface area (Å²) in [4.78, 5) is 12.4. The van der Waals surface area contributed by atoms with Gasteiger partial charge in [-0.05, 0) is 11.1 Å². The molecule has 0 aliphatic rings. The molecule has 0 saturated heterocycles. The lowest BCUT2D eigenvalue weighted by Gasteiger charge is -2.11. The van der Waals surface area contributed by atoms with Crippen LogP contribution in [0.25, 0.3) is 0 Å². The average Bonchev–Trinajstić information content (AvgIpc) is 2.46. The first-order valence-electron chi connectivity index (χ1n) is 5.88. The molecule has 0 heterocycles. The molecule has 0 aromatic heterocycles. The van der Waals surface area contributed by atoms with Crippen molar-refractivity contribution in [2.24, 2.45) is 11.5 Å². The van der Waals surface area contributed by atoms with Gasteiger partial charge in [0.15, 0.2) is 5.78 Å². The van der Waals surface area contributed by atoms with Gasteiger partial charge in [-0.25, -0.2) is 0 Å². The van der Waals surface area contributed by atoms with Gasteiger partial charge < -0.3 is 11.5 Å². The highest BCUT2D eigenvalue weighted by Gasteiger charge is 2.14. The molecule has 0 bridgehead atoms. The molecule has 0 atom stereocenters. The molecule has 2 rings (SSSR count). The first kappa shape index (κ1) is 12.5. The molecule has 3 heteroatoms. The summed E-state index contributed by atoms with van der Waals surface area (Å²) in [5.41, 5.74) is 14.5. The van der Waals surface area contributed by atoms with Crippen LogP contribution in [0.1, 0.15) is 27.0 Å². The third-order valence-electron chi connectivity index (χ3n) is 2.98. The number of ketones is 1. The minimum absolute atomic E-state index is 0.00801. The van der Waals surface area contributed by atoms with Crippen molar-refractivity contribution in [3.05, 3.63) is 70.8 Å². The summed E-state index contributed by atoms with van der Waals surface area (Å²) < 4.78 is 0. The van der Waals surface area contributed by atoms with Crippen molar-refractivity contribution in [1.29, 1.82) is 0 Å². The lowest BCUT2D eigenvalue weighted by atomic mass is 9.94. The van der Waals surface area contributed by atoms with Crippen LogP contribution >= 0.6 is 0 Å². The van der Waals surface area contributed by atoms with Crippen molar-refractivity contribution in [1.82, 2.24) is 0 Å². The lowest BCUT2D eigenvalue weighted by molar-refractivity contribution is 0.103. The van der Waals surface area contributed by atoms with E-state index in [2.05, 4.69) is 0 Å². The third-order valence-corrected chi connectivity index (χ3v) is 2.98. The fourth-order valence-electron chi connectivity index (χ4n) is 2.02. The van der Waals surface area contributed by atoms with Gasteiger partial charge in [0.1, 0.15) is 0 Å². The minimum atomic E-state index is -0.00801. The van der Waals surface area contributed by atoms with E-state index in [9.17, 15) is 4.79 Å². The molecule has 0 fully saturated rings. The second kappa shape index (κ2) is 5.58. The fraction of sp³-hybridized carbons (Fsp3) is 0.133. The molecule has 0 aliphatic heterocycles. The zero-order valence-electron chi connectivity index (χ0n) is 10.1. The van der Waals surface area contributed by atoms with E-state index in [0.717, 1.165) is 11.1 Å². The highest BCUT2D eigenvalue weighted by Crippen LogP contribution is 2.18. The molecule has 0 unspecified atom stereocenters. The van der Waals surface area contributed by atoms with Gasteiger partial charge >= 0.3 is 0 Å². The van der Waals surface area contributed by atoms with E-state index < -0.39 is 0 Å². The fourth-order valence-corrected chi connectivity index (χ4v) is 2.02. The lowest BCUT2D eigenvalue weighted by Crippen LogP contribution is -2.13. The van der Waals surface area contributed by atoms with Crippen LogP contribution < -0.4 is 11.5 Å². The monoisotopic (exact) mass is 240 g/mol. The molecular weight excluding hydrogens is 224 g/mol. The van der Waals surface area contributed by atoms with Crippen LogP contribution in [0.3, 0.4) is 0 Å². The Bertz CT molecular complexity index is 550. The second-order valence-electron chi connectivity index (χ2n) is 4.05. The molecule has 0 amide bonds. The Labute approximate surface area is 106 Å². The van der Waals surface area contributed by atoms with Gasteiger partial charge in [-0.2, -0.15) is 0 Å². The second-order valence-corrected chi connectivity index (χ2v) is 4.05. The Hall–Kier alpha value is -1.97. The number of rotatable bonds is 4. The summed E-state index contributed by atoms with van der Waals surface area (Å²) in [6.45, 7) is 0.712. The summed E-state index contributed by atoms with van der Waals surface area (Å²) >= 11 is 0. The number of hydrogen-bond donors (Lipinski definition) is 2. The molecule has 18 heavy (non-hydrogen) atoms. The predicted molar refractivity (Wildman–Crippen MR) is 72.1 cm³/mol. The SMILES string of the molecule is NCc1cccc(C(=O)c2ccccc2)c1CN. The van der Waals surface area contributed by atoms with Crippen molar-refractivity contribution in [3.63, 3.8) is 0 Å². The first-order chi connectivity index (χ1) is 8.77. The van der Waals surface area contributed by atoms with Gasteiger partial charge in [0, 0.05) is 24.2 Å². The van der Waals surface area contributed by atoms with E-state index >= 15 is 0 Å². The van der Waals surface area contributed by atoms with E-state index in [1.165, 1.54) is 0 Å². The minimum Gasteiger partial charge on any atom is -0.326 e. The molecule has 2 aromatic carbocycles. The summed E-state index contributed by atoms with van der Waals surface area (Å²) in [5.74, 6) is -0.00801. The molecule has 3 nitrogen and oxygen atoms in total. The number of carbonyl (C=O) groups is 1. The van der Waals surface area contributed by atoms with E-state index in [1.807, 2.05) is 30.3 Å². The van der Waals surface area contributed by atoms with Crippen molar-refractivity contribution >= 4 is 5.78 Å². The standard InChI is InChI=1S/C15H16N2O/c16-9-12-7-4-8-13(14(12)10-17)15(18)11-5-2-1-3-6-11/h1-8H,9-10,16-17H2. The molecule has 92 valence electrons. The normalized spacial score (nSPS) is 10.3. The van der Waals surface area contributed by atoms with Crippen LogP contribution in [0.15, 0.2) is 48.5 Å². The van der Waals surface area contributed by atoms with Crippen molar-refractivity contribution < 1.29 is 4.79 Å². The van der Waals surface area contributed by atoms with Gasteiger partial charge in [-0.15, -0.1) is 0 Å². The third kappa shape index (κ3) is 2.32. The van der Waals surface area contributed by atoms with Crippen molar-refractivity contribution in [3.8, 4) is 0 Å². The van der Waals surface area contributed by atoms with Gasteiger partial charge in [0.25, 0.3) is 0 Å². The highest BCUT2D eigenvalue weighted by atomic mass is 16.1. The van der Waals surface area contributed by atoms with E-state index in [4.69, 9.17) is 11.5 Å². The van der Waals surface area contributed by atoms with Crippen molar-refractivity contribution in [2.45, 2.75) is 13.1 Å². The Kier molecular flexibility index (Phi) is 3.87. The van der Waals surface area contributed by atoms with E-state index in [-0.39, 0.29) is 5.78 Å². The Morgan fingerprint density at radius 3 is 2.22 bits per heavy atom. The van der Waals surface area contributed by atoms with Crippen LogP contribution in [0.2, 0.25) is 0 Å². The topological polar surface area (TPSA) is 69.1 Å². The van der Waals surface area contributed by atoms with E-state index in [1.54, 1.807) is 18.2 Å². The molecule has 0 spiro atoms. The number of benzene rings is 2. The average molecular weight is 240 g/mol. The Balaban J connectivity index is 2.48. The van der Waals surface area contributed by atoms with Gasteiger partial charge in [-0.3, -0.25) is 4.79 Å². The smallest absolute Gasteiger partial charge is 0.193 e. The predicted octanol–water partition coefficient (Wildman–Crippen LogP) is 1.84. The molecule has 0 radical (unpaired) electrons. The Morgan fingerprint density at radius 1 is 0.889 bits per heavy atom. The summed E-state index contributed by atoms with van der Waals surface area (Å²) in [6, 6.07) is 14.7. The van der Waals surface area contributed by atoms with Gasteiger partial charge in [0.05, 0.1) is 0 Å². The Morgan fingerprint density at radius 2 is 1.61 bits per heavy atom. The largest absolute Gasteiger partial charge is 0.326 e. The maximum absolute atomic E-state index is 12.4. The quantitative estimate of drug-likeness (QED) is 0.801. The maximum atomic E-state index is 12.4. The molecule has 4 N–H and O–H groups in total. The number of nitrogens with two attached hydrogens (primary N) is 2.